The van der Waals surface area contributed by atoms with Crippen molar-refractivity contribution in [1.29, 1.82) is 0 Å². The summed E-state index contributed by atoms with van der Waals surface area (Å²) in [6, 6.07) is 18.1. The van der Waals surface area contributed by atoms with Crippen molar-refractivity contribution in [3.05, 3.63) is 66.4 Å². The van der Waals surface area contributed by atoms with Gasteiger partial charge < -0.3 is 20.1 Å². The molecule has 0 aliphatic carbocycles. The second-order valence-electron chi connectivity index (χ2n) is 6.48. The number of carbonyl (C=O) groups is 1. The summed E-state index contributed by atoms with van der Waals surface area (Å²) in [6.07, 6.45) is 0. The highest BCUT2D eigenvalue weighted by Crippen LogP contribution is 2.34. The summed E-state index contributed by atoms with van der Waals surface area (Å²) >= 11 is 0. The molecule has 0 radical (unpaired) electrons. The fourth-order valence-corrected chi connectivity index (χ4v) is 3.15. The zero-order valence-corrected chi connectivity index (χ0v) is 15.3. The van der Waals surface area contributed by atoms with Gasteiger partial charge in [0.15, 0.2) is 11.5 Å². The number of hydrogen-bond donors (Lipinski definition) is 3. The maximum atomic E-state index is 12.4. The van der Waals surface area contributed by atoms with E-state index in [0.29, 0.717) is 35.2 Å². The molecular formula is C21H17N5O3. The average molecular weight is 387 g/mol. The number of rotatable bonds is 3. The predicted molar refractivity (Wildman–Crippen MR) is 111 cm³/mol. The molecule has 2 aliphatic rings. The summed E-state index contributed by atoms with van der Waals surface area (Å²) in [6.45, 7) is 0.752. The van der Waals surface area contributed by atoms with Crippen LogP contribution in [0, 0.1) is 0 Å². The lowest BCUT2D eigenvalue weighted by Crippen LogP contribution is -2.22. The van der Waals surface area contributed by atoms with E-state index in [4.69, 9.17) is 9.47 Å². The van der Waals surface area contributed by atoms with Crippen LogP contribution in [0.1, 0.15) is 5.69 Å². The van der Waals surface area contributed by atoms with Gasteiger partial charge in [0.25, 0.3) is 0 Å². The van der Waals surface area contributed by atoms with Gasteiger partial charge in [-0.1, -0.05) is 18.2 Å². The van der Waals surface area contributed by atoms with Crippen LogP contribution in [0.2, 0.25) is 0 Å². The minimum absolute atomic E-state index is 0.185. The van der Waals surface area contributed by atoms with Crippen LogP contribution in [0.15, 0.2) is 65.7 Å². The Morgan fingerprint density at radius 3 is 2.83 bits per heavy atom. The second kappa shape index (κ2) is 7.16. The van der Waals surface area contributed by atoms with Crippen LogP contribution in [-0.2, 0) is 0 Å². The van der Waals surface area contributed by atoms with E-state index in [1.807, 2.05) is 36.4 Å². The van der Waals surface area contributed by atoms with Gasteiger partial charge >= 0.3 is 6.03 Å². The monoisotopic (exact) mass is 387 g/mol. The van der Waals surface area contributed by atoms with Crippen LogP contribution in [-0.4, -0.2) is 30.1 Å². The van der Waals surface area contributed by atoms with Crippen molar-refractivity contribution in [3.8, 4) is 11.5 Å². The van der Waals surface area contributed by atoms with E-state index < -0.39 is 6.03 Å². The molecule has 2 aliphatic heterocycles. The summed E-state index contributed by atoms with van der Waals surface area (Å²) in [7, 11) is 0. The van der Waals surface area contributed by atoms with Crippen molar-refractivity contribution in [1.82, 2.24) is 4.98 Å². The summed E-state index contributed by atoms with van der Waals surface area (Å²) < 4.78 is 10.6. The number of nitrogens with zero attached hydrogens (tertiary/aromatic N) is 2. The van der Waals surface area contributed by atoms with E-state index >= 15 is 0 Å². The quantitative estimate of drug-likeness (QED) is 0.631. The van der Waals surface area contributed by atoms with Crippen molar-refractivity contribution < 1.29 is 14.3 Å². The van der Waals surface area contributed by atoms with Crippen molar-refractivity contribution in [2.24, 2.45) is 4.99 Å². The number of hydrogen-bond acceptors (Lipinski definition) is 6. The highest BCUT2D eigenvalue weighted by atomic mass is 16.7. The van der Waals surface area contributed by atoms with Crippen LogP contribution in [0.5, 0.6) is 11.5 Å². The molecule has 3 heterocycles. The molecular weight excluding hydrogens is 370 g/mol. The van der Waals surface area contributed by atoms with Crippen molar-refractivity contribution in [3.63, 3.8) is 0 Å². The average Bonchev–Trinajstić information content (AvgIpc) is 3.21. The number of carbonyl (C=O) groups excluding carboxylic acids is 1. The lowest BCUT2D eigenvalue weighted by Gasteiger charge is -2.17. The number of fused-ring (bicyclic) bond motifs is 2. The molecule has 8 heteroatoms. The third-order valence-corrected chi connectivity index (χ3v) is 4.52. The first-order valence-corrected chi connectivity index (χ1v) is 9.10. The summed E-state index contributed by atoms with van der Waals surface area (Å²) in [5, 5.41) is 8.84. The number of pyridine rings is 1. The third kappa shape index (κ3) is 3.55. The Labute approximate surface area is 166 Å². The van der Waals surface area contributed by atoms with Crippen molar-refractivity contribution >= 4 is 34.6 Å². The van der Waals surface area contributed by atoms with Gasteiger partial charge in [0, 0.05) is 11.8 Å². The molecule has 2 amide bonds. The van der Waals surface area contributed by atoms with Gasteiger partial charge in [0.1, 0.15) is 5.82 Å². The van der Waals surface area contributed by atoms with Crippen LogP contribution >= 0.6 is 0 Å². The predicted octanol–water partition coefficient (Wildman–Crippen LogP) is 4.00. The first-order valence-electron chi connectivity index (χ1n) is 9.10. The first-order chi connectivity index (χ1) is 14.2. The maximum absolute atomic E-state index is 12.4. The number of anilines is 3. The minimum Gasteiger partial charge on any atom is -0.454 e. The topological polar surface area (TPSA) is 96.9 Å². The Kier molecular flexibility index (Phi) is 4.21. The van der Waals surface area contributed by atoms with Crippen molar-refractivity contribution in [2.45, 2.75) is 0 Å². The third-order valence-electron chi connectivity index (χ3n) is 4.52. The van der Waals surface area contributed by atoms with E-state index in [1.165, 1.54) is 0 Å². The molecule has 144 valence electrons. The van der Waals surface area contributed by atoms with E-state index in [9.17, 15) is 4.79 Å². The summed E-state index contributed by atoms with van der Waals surface area (Å²) in [5.41, 5.74) is 3.97. The zero-order valence-electron chi connectivity index (χ0n) is 15.3. The number of para-hydroxylation sites is 2. The number of urea groups is 1. The highest BCUT2D eigenvalue weighted by Gasteiger charge is 2.16. The maximum Gasteiger partial charge on any atom is 0.324 e. The number of aromatic nitrogens is 1. The number of benzene rings is 2. The molecule has 0 unspecified atom stereocenters. The molecule has 0 fully saturated rings. The van der Waals surface area contributed by atoms with Crippen molar-refractivity contribution in [2.75, 3.05) is 29.3 Å². The normalized spacial score (nSPS) is 13.7. The Bertz CT molecular complexity index is 1130. The molecule has 0 saturated carbocycles. The fourth-order valence-electron chi connectivity index (χ4n) is 3.15. The van der Waals surface area contributed by atoms with Crippen LogP contribution in [0.3, 0.4) is 0 Å². The number of aliphatic imine (C=N–C) groups is 1. The van der Waals surface area contributed by atoms with E-state index in [1.54, 1.807) is 24.3 Å². The molecule has 1 aromatic heterocycles. The molecule has 29 heavy (non-hydrogen) atoms. The van der Waals surface area contributed by atoms with Gasteiger partial charge in [-0.15, -0.1) is 0 Å². The van der Waals surface area contributed by atoms with Gasteiger partial charge in [-0.3, -0.25) is 5.32 Å². The van der Waals surface area contributed by atoms with Gasteiger partial charge in [0.05, 0.1) is 29.3 Å². The molecule has 8 nitrogen and oxygen atoms in total. The first kappa shape index (κ1) is 17.1. The largest absolute Gasteiger partial charge is 0.454 e. The zero-order chi connectivity index (χ0) is 19.6. The van der Waals surface area contributed by atoms with Gasteiger partial charge in [-0.2, -0.15) is 0 Å². The lowest BCUT2D eigenvalue weighted by atomic mass is 10.1. The Morgan fingerprint density at radius 2 is 1.86 bits per heavy atom. The standard InChI is InChI=1S/C21H17N5O3/c27-21(23-13-8-9-18-19(10-13)29-12-28-18)26-20-7-3-6-16(25-20)17-11-22-14-4-1-2-5-15(14)24-17/h1-10,22H,11-12H2,(H2,23,25,26,27). The SMILES string of the molecule is O=C(Nc1ccc2c(c1)OCO2)Nc1cccc(C2=Nc3ccccc3NC2)n1. The number of nitrogens with one attached hydrogen (secondary N) is 3. The van der Waals surface area contributed by atoms with E-state index in [2.05, 4.69) is 25.9 Å². The Balaban J connectivity index is 1.30. The lowest BCUT2D eigenvalue weighted by molar-refractivity contribution is 0.174. The highest BCUT2D eigenvalue weighted by molar-refractivity contribution is 6.06. The minimum atomic E-state index is -0.400. The van der Waals surface area contributed by atoms with Crippen LogP contribution in [0.4, 0.5) is 27.7 Å². The van der Waals surface area contributed by atoms with Gasteiger partial charge in [0.2, 0.25) is 6.79 Å². The summed E-state index contributed by atoms with van der Waals surface area (Å²) in [4.78, 5) is 21.6. The number of amides is 2. The molecule has 2 aromatic carbocycles. The molecule has 0 spiro atoms. The molecule has 0 bridgehead atoms. The molecule has 0 atom stereocenters. The Hall–Kier alpha value is -4.07. The molecule has 3 N–H and O–H groups in total. The van der Waals surface area contributed by atoms with Gasteiger partial charge in [-0.05, 0) is 36.4 Å². The van der Waals surface area contributed by atoms with Crippen LogP contribution < -0.4 is 25.4 Å². The number of ether oxygens (including phenoxy) is 2. The molecule has 3 aromatic rings. The summed E-state index contributed by atoms with van der Waals surface area (Å²) in [5.74, 6) is 1.70. The van der Waals surface area contributed by atoms with Crippen LogP contribution in [0.25, 0.3) is 0 Å². The smallest absolute Gasteiger partial charge is 0.324 e. The molecule has 5 rings (SSSR count). The Morgan fingerprint density at radius 1 is 0.966 bits per heavy atom. The molecule has 0 saturated heterocycles. The van der Waals surface area contributed by atoms with Gasteiger partial charge in [-0.25, -0.2) is 14.8 Å². The second-order valence-corrected chi connectivity index (χ2v) is 6.48. The van der Waals surface area contributed by atoms with E-state index in [0.717, 1.165) is 17.1 Å². The fraction of sp³-hybridized carbons (Fsp3) is 0.0952. The van der Waals surface area contributed by atoms with E-state index in [-0.39, 0.29) is 6.79 Å².